The zero-order valence-corrected chi connectivity index (χ0v) is 19.6. The molecule has 4 aromatic rings. The Hall–Kier alpha value is -3.35. The lowest BCUT2D eigenvalue weighted by molar-refractivity contribution is 0.104. The van der Waals surface area contributed by atoms with Gasteiger partial charge in [-0.3, -0.25) is 9.69 Å². The van der Waals surface area contributed by atoms with Crippen LogP contribution in [0.1, 0.15) is 35.2 Å². The summed E-state index contributed by atoms with van der Waals surface area (Å²) in [5.74, 6) is 1.51. The van der Waals surface area contributed by atoms with Crippen molar-refractivity contribution in [3.63, 3.8) is 0 Å². The van der Waals surface area contributed by atoms with E-state index < -0.39 is 0 Å². The number of phenolic OH excluding ortho intramolecular Hbond substituents is 2. The number of likely N-dealkylation sites (tertiary alicyclic amines) is 1. The number of hydrogen-bond donors (Lipinski definition) is 2. The van der Waals surface area contributed by atoms with E-state index in [-0.39, 0.29) is 5.78 Å². The van der Waals surface area contributed by atoms with Gasteiger partial charge < -0.3 is 15.0 Å². The molecule has 1 fully saturated rings. The molecule has 1 aromatic heterocycles. The Balaban J connectivity index is 1.40. The first-order valence-corrected chi connectivity index (χ1v) is 12.4. The molecule has 0 radical (unpaired) electrons. The van der Waals surface area contributed by atoms with Gasteiger partial charge in [-0.15, -0.1) is 11.3 Å². The standard InChI is InChI=1S/C28H27NO4S/c30-21-8-4-20(5-9-21)28-26(24-13-10-22(31)18-25(24)34-28)27(32)19-6-11-23(12-7-19)33-17-16-29-14-2-1-3-15-29/h4-13,18,30-31H,1-3,14-17H2/i/hD2. The van der Waals surface area contributed by atoms with Crippen molar-refractivity contribution in [2.75, 3.05) is 26.2 Å². The maximum absolute atomic E-state index is 13.8. The Labute approximate surface area is 205 Å². The predicted molar refractivity (Wildman–Crippen MR) is 136 cm³/mol. The third-order valence-electron chi connectivity index (χ3n) is 6.25. The van der Waals surface area contributed by atoms with Gasteiger partial charge in [0.1, 0.15) is 23.9 Å². The second kappa shape index (κ2) is 9.87. The highest BCUT2D eigenvalue weighted by atomic mass is 32.1. The number of carbonyl (C=O) groups is 1. The Kier molecular flexibility index (Phi) is 5.82. The fourth-order valence-corrected chi connectivity index (χ4v) is 5.67. The minimum atomic E-state index is -0.0866. The molecular formula is C28H27NO4S. The van der Waals surface area contributed by atoms with Crippen molar-refractivity contribution < 1.29 is 19.7 Å². The molecule has 6 heteroatoms. The summed E-state index contributed by atoms with van der Waals surface area (Å²) >= 11 is 1.47. The Bertz CT molecular complexity index is 1330. The van der Waals surface area contributed by atoms with Crippen LogP contribution in [0.5, 0.6) is 17.2 Å². The first kappa shape index (κ1) is 20.1. The molecule has 2 N–H and O–H groups in total. The van der Waals surface area contributed by atoms with Gasteiger partial charge in [0.2, 0.25) is 0 Å². The lowest BCUT2D eigenvalue weighted by atomic mass is 9.97. The molecule has 3 aromatic carbocycles. The van der Waals surface area contributed by atoms with Crippen LogP contribution >= 0.6 is 11.3 Å². The average Bonchev–Trinajstić information content (AvgIpc) is 3.32. The number of rotatable bonds is 9. The summed E-state index contributed by atoms with van der Waals surface area (Å²) < 4.78 is 21.1. The van der Waals surface area contributed by atoms with E-state index in [0.29, 0.717) is 29.2 Å². The van der Waals surface area contributed by atoms with Crippen LogP contribution in [0.15, 0.2) is 66.7 Å². The second-order valence-electron chi connectivity index (χ2n) is 8.59. The second-order valence-corrected chi connectivity index (χ2v) is 9.64. The van der Waals surface area contributed by atoms with Gasteiger partial charge in [0, 0.05) is 32.6 Å². The maximum atomic E-state index is 13.8. The monoisotopic (exact) mass is 475 g/mol. The van der Waals surface area contributed by atoms with Crippen LogP contribution in [0.25, 0.3) is 20.5 Å². The van der Waals surface area contributed by atoms with Gasteiger partial charge >= 0.3 is 0 Å². The molecule has 1 aliphatic rings. The minimum Gasteiger partial charge on any atom is -0.508 e. The number of fused-ring (bicyclic) bond motifs is 1. The van der Waals surface area contributed by atoms with Gasteiger partial charge in [-0.2, -0.15) is 0 Å². The minimum absolute atomic E-state index is 0.0866. The summed E-state index contributed by atoms with van der Waals surface area (Å²) in [7, 11) is 0. The molecule has 0 spiro atoms. The van der Waals surface area contributed by atoms with Gasteiger partial charge in [-0.1, -0.05) is 6.42 Å². The van der Waals surface area contributed by atoms with Crippen LogP contribution in [0.4, 0.5) is 0 Å². The third-order valence-corrected chi connectivity index (χ3v) is 7.45. The van der Waals surface area contributed by atoms with Crippen molar-refractivity contribution in [1.82, 2.24) is 4.90 Å². The lowest BCUT2D eigenvalue weighted by Gasteiger charge is -2.26. The van der Waals surface area contributed by atoms with E-state index in [4.69, 9.17) is 7.60 Å². The number of benzene rings is 3. The number of carbonyl (C=O) groups excluding carboxylic acids is 1. The zero-order valence-electron chi connectivity index (χ0n) is 20.8. The van der Waals surface area contributed by atoms with Crippen molar-refractivity contribution in [3.8, 4) is 27.7 Å². The van der Waals surface area contributed by atoms with Crippen LogP contribution in [-0.2, 0) is 0 Å². The van der Waals surface area contributed by atoms with Gasteiger partial charge in [0.15, 0.2) is 5.78 Å². The Morgan fingerprint density at radius 3 is 2.41 bits per heavy atom. The summed E-state index contributed by atoms with van der Waals surface area (Å²) in [4.78, 5) is 17.0. The lowest BCUT2D eigenvalue weighted by Crippen LogP contribution is -2.33. The third kappa shape index (κ3) is 4.79. The fraction of sp³-hybridized carbons (Fsp3) is 0.250. The number of phenols is 2. The first-order valence-electron chi connectivity index (χ1n) is 12.4. The molecule has 5 rings (SSSR count). The average molecular weight is 476 g/mol. The van der Waals surface area contributed by atoms with Gasteiger partial charge in [0.25, 0.3) is 2.86 Å². The van der Waals surface area contributed by atoms with E-state index in [1.807, 2.05) is 42.5 Å². The maximum Gasteiger partial charge on any atom is 0.293 e. The van der Waals surface area contributed by atoms with E-state index in [2.05, 4.69) is 15.1 Å². The van der Waals surface area contributed by atoms with Gasteiger partial charge in [-0.25, -0.2) is 0 Å². The molecule has 0 aliphatic carbocycles. The summed E-state index contributed by atoms with van der Waals surface area (Å²) in [5.41, 5.74) is 2.03. The Morgan fingerprint density at radius 2 is 1.68 bits per heavy atom. The Morgan fingerprint density at radius 1 is 0.941 bits per heavy atom. The summed E-state index contributed by atoms with van der Waals surface area (Å²) in [6.45, 7) is 3.83. The molecule has 0 atom stereocenters. The number of aromatic hydroxyl groups is 2. The SMILES string of the molecule is [2H]Oc1ccc(-c2sc3cc(O[2H])ccc3c2C(=O)c2ccc(OCCN3CCCCC3)cc2)cc1. The summed E-state index contributed by atoms with van der Waals surface area (Å²) in [6.07, 6.45) is 3.84. The number of piperidine rings is 1. The predicted octanol–water partition coefficient (Wildman–Crippen LogP) is 6.08. The normalized spacial score (nSPS) is 14.9. The molecule has 5 nitrogen and oxygen atoms in total. The molecule has 174 valence electrons. The zero-order chi connectivity index (χ0) is 24.9. The first-order chi connectivity index (χ1) is 17.7. The van der Waals surface area contributed by atoms with Crippen molar-refractivity contribution in [2.45, 2.75) is 19.3 Å². The van der Waals surface area contributed by atoms with E-state index >= 15 is 0 Å². The van der Waals surface area contributed by atoms with Crippen molar-refractivity contribution >= 4 is 27.2 Å². The molecule has 34 heavy (non-hydrogen) atoms. The molecule has 1 aliphatic heterocycles. The number of ether oxygens (including phenoxy) is 1. The molecule has 0 unspecified atom stereocenters. The molecule has 0 amide bonds. The summed E-state index contributed by atoms with van der Waals surface area (Å²) in [6, 6.07) is 19.7. The van der Waals surface area contributed by atoms with E-state index in [1.165, 1.54) is 30.6 Å². The number of thiophene rings is 1. The van der Waals surface area contributed by atoms with Crippen LogP contribution in [0.3, 0.4) is 0 Å². The largest absolute Gasteiger partial charge is 0.508 e. The topological polar surface area (TPSA) is 70.0 Å². The van der Waals surface area contributed by atoms with Gasteiger partial charge in [-0.05, 0) is 98.2 Å². The van der Waals surface area contributed by atoms with Crippen molar-refractivity contribution in [3.05, 3.63) is 77.9 Å². The van der Waals surface area contributed by atoms with Crippen LogP contribution in [-0.4, -0.2) is 50.0 Å². The number of ketones is 1. The van der Waals surface area contributed by atoms with Crippen molar-refractivity contribution in [2.24, 2.45) is 0 Å². The highest BCUT2D eigenvalue weighted by Gasteiger charge is 2.22. The highest BCUT2D eigenvalue weighted by molar-refractivity contribution is 7.22. The van der Waals surface area contributed by atoms with Crippen LogP contribution < -0.4 is 4.74 Å². The fourth-order valence-electron chi connectivity index (χ4n) is 4.43. The van der Waals surface area contributed by atoms with E-state index in [1.54, 1.807) is 24.3 Å². The highest BCUT2D eigenvalue weighted by Crippen LogP contribution is 2.41. The van der Waals surface area contributed by atoms with E-state index in [0.717, 1.165) is 45.9 Å². The van der Waals surface area contributed by atoms with Crippen LogP contribution in [0.2, 0.25) is 0 Å². The molecule has 0 bridgehead atoms. The van der Waals surface area contributed by atoms with E-state index in [9.17, 15) is 4.79 Å². The molecule has 0 saturated carbocycles. The molecule has 2 heterocycles. The molecular weight excluding hydrogens is 446 g/mol. The quantitative estimate of drug-likeness (QED) is 0.287. The van der Waals surface area contributed by atoms with Crippen LogP contribution in [0, 0.1) is 0 Å². The smallest absolute Gasteiger partial charge is 0.293 e. The van der Waals surface area contributed by atoms with Gasteiger partial charge in [0.05, 0.1) is 0 Å². The number of nitrogens with zero attached hydrogens (tertiary/aromatic N) is 1. The van der Waals surface area contributed by atoms with Crippen molar-refractivity contribution in [1.29, 1.82) is 2.86 Å². The summed E-state index contributed by atoms with van der Waals surface area (Å²) in [5, 5.41) is 10.0. The molecule has 1 saturated heterocycles. The number of hydrogen-bond acceptors (Lipinski definition) is 6.